The summed E-state index contributed by atoms with van der Waals surface area (Å²) < 4.78 is 13.8. The van der Waals surface area contributed by atoms with Gasteiger partial charge in [0.1, 0.15) is 24.7 Å². The molecule has 4 nitrogen and oxygen atoms in total. The zero-order valence-electron chi connectivity index (χ0n) is 19.9. The van der Waals surface area contributed by atoms with Gasteiger partial charge < -0.3 is 14.0 Å². The number of rotatable bonds is 9. The standard InChI is InChI=1S/C31H26ClNO3/c1-31(25-11-14-27(15-12-25)35-20-19-34,33-18-17-24-9-5-6-10-29(24)33)26-13-16-30(28(32)21-26)36-22-23-7-3-2-4-8-23/h2-19,21H,20,22H2,1H3. The third-order valence-electron chi connectivity index (χ3n) is 6.55. The lowest BCUT2D eigenvalue weighted by Gasteiger charge is -2.34. The quantitative estimate of drug-likeness (QED) is 0.202. The van der Waals surface area contributed by atoms with Crippen LogP contribution >= 0.6 is 11.6 Å². The van der Waals surface area contributed by atoms with Crippen LogP contribution in [0.15, 0.2) is 109 Å². The SMILES string of the molecule is CC(c1ccc(OCC=O)cc1)(c1ccc(OCc2ccccc2)c(Cl)c1)n1ccc2ccccc21. The fraction of sp³-hybridized carbons (Fsp3) is 0.129. The maximum atomic E-state index is 10.7. The molecule has 0 saturated heterocycles. The first-order valence-corrected chi connectivity index (χ1v) is 12.2. The van der Waals surface area contributed by atoms with Crippen molar-refractivity contribution in [1.29, 1.82) is 0 Å². The van der Waals surface area contributed by atoms with Gasteiger partial charge in [0.05, 0.1) is 10.6 Å². The number of hydrogen-bond acceptors (Lipinski definition) is 3. The summed E-state index contributed by atoms with van der Waals surface area (Å²) in [6.07, 6.45) is 2.85. The fourth-order valence-corrected chi connectivity index (χ4v) is 4.81. The molecule has 0 aliphatic carbocycles. The molecule has 0 bridgehead atoms. The summed E-state index contributed by atoms with van der Waals surface area (Å²) in [6.45, 7) is 2.65. The van der Waals surface area contributed by atoms with Crippen molar-refractivity contribution in [2.45, 2.75) is 19.1 Å². The molecule has 5 heteroatoms. The van der Waals surface area contributed by atoms with Crippen LogP contribution in [0.5, 0.6) is 11.5 Å². The van der Waals surface area contributed by atoms with Crippen LogP contribution in [0.25, 0.3) is 10.9 Å². The van der Waals surface area contributed by atoms with E-state index in [1.54, 1.807) is 0 Å². The van der Waals surface area contributed by atoms with Gasteiger partial charge in [-0.2, -0.15) is 0 Å². The van der Waals surface area contributed by atoms with Gasteiger partial charge in [-0.25, -0.2) is 0 Å². The average molecular weight is 496 g/mol. The molecule has 0 fully saturated rings. The highest BCUT2D eigenvalue weighted by atomic mass is 35.5. The van der Waals surface area contributed by atoms with Gasteiger partial charge >= 0.3 is 0 Å². The number of ether oxygens (including phenoxy) is 2. The number of hydrogen-bond donors (Lipinski definition) is 0. The number of para-hydroxylation sites is 1. The van der Waals surface area contributed by atoms with Gasteiger partial charge in [-0.05, 0) is 65.4 Å². The van der Waals surface area contributed by atoms with Gasteiger partial charge in [0.15, 0.2) is 6.29 Å². The van der Waals surface area contributed by atoms with Gasteiger partial charge in [-0.15, -0.1) is 0 Å². The van der Waals surface area contributed by atoms with E-state index in [1.807, 2.05) is 78.9 Å². The summed E-state index contributed by atoms with van der Waals surface area (Å²) in [4.78, 5) is 10.7. The monoisotopic (exact) mass is 495 g/mol. The largest absolute Gasteiger partial charge is 0.487 e. The second-order valence-corrected chi connectivity index (χ2v) is 9.15. The normalized spacial score (nSPS) is 12.7. The average Bonchev–Trinajstić information content (AvgIpc) is 3.36. The highest BCUT2D eigenvalue weighted by Gasteiger charge is 2.32. The third-order valence-corrected chi connectivity index (χ3v) is 6.84. The predicted molar refractivity (Wildman–Crippen MR) is 144 cm³/mol. The van der Waals surface area contributed by atoms with E-state index in [4.69, 9.17) is 21.1 Å². The molecule has 5 aromatic rings. The Bertz CT molecular complexity index is 1480. The first-order chi connectivity index (χ1) is 17.6. The zero-order valence-corrected chi connectivity index (χ0v) is 20.7. The predicted octanol–water partition coefficient (Wildman–Crippen LogP) is 7.26. The number of carbonyl (C=O) groups is 1. The Kier molecular flexibility index (Phi) is 6.79. The van der Waals surface area contributed by atoms with Gasteiger partial charge in [0, 0.05) is 11.7 Å². The van der Waals surface area contributed by atoms with E-state index in [0.717, 1.165) is 33.9 Å². The first kappa shape index (κ1) is 23.7. The van der Waals surface area contributed by atoms with Crippen molar-refractivity contribution < 1.29 is 14.3 Å². The molecular formula is C31H26ClNO3. The first-order valence-electron chi connectivity index (χ1n) is 11.8. The zero-order chi connectivity index (χ0) is 25.0. The molecule has 0 aliphatic heterocycles. The second-order valence-electron chi connectivity index (χ2n) is 8.74. The molecule has 0 amide bonds. The second kappa shape index (κ2) is 10.3. The van der Waals surface area contributed by atoms with E-state index in [0.29, 0.717) is 23.1 Å². The Hall–Kier alpha value is -4.02. The summed E-state index contributed by atoms with van der Waals surface area (Å²) in [5.41, 5.74) is 3.69. The molecule has 1 atom stereocenters. The van der Waals surface area contributed by atoms with Crippen LogP contribution in [-0.4, -0.2) is 17.5 Å². The van der Waals surface area contributed by atoms with E-state index in [1.165, 1.54) is 0 Å². The molecule has 1 unspecified atom stereocenters. The van der Waals surface area contributed by atoms with Crippen molar-refractivity contribution in [2.75, 3.05) is 6.61 Å². The van der Waals surface area contributed by atoms with Crippen molar-refractivity contribution in [3.63, 3.8) is 0 Å². The molecule has 36 heavy (non-hydrogen) atoms. The summed E-state index contributed by atoms with van der Waals surface area (Å²) in [7, 11) is 0. The minimum absolute atomic E-state index is 0.0267. The van der Waals surface area contributed by atoms with Crippen LogP contribution < -0.4 is 9.47 Å². The summed E-state index contributed by atoms with van der Waals surface area (Å²) in [5, 5.41) is 1.71. The molecule has 0 N–H and O–H groups in total. The molecule has 0 spiro atoms. The van der Waals surface area contributed by atoms with E-state index < -0.39 is 5.54 Å². The highest BCUT2D eigenvalue weighted by molar-refractivity contribution is 6.32. The number of benzene rings is 4. The van der Waals surface area contributed by atoms with Crippen LogP contribution in [0, 0.1) is 0 Å². The summed E-state index contributed by atoms with van der Waals surface area (Å²) in [6, 6.07) is 34.3. The van der Waals surface area contributed by atoms with Crippen molar-refractivity contribution in [3.8, 4) is 11.5 Å². The Balaban J connectivity index is 1.56. The lowest BCUT2D eigenvalue weighted by molar-refractivity contribution is -0.109. The molecular weight excluding hydrogens is 470 g/mol. The maximum Gasteiger partial charge on any atom is 0.157 e. The van der Waals surface area contributed by atoms with Crippen LogP contribution in [-0.2, 0) is 16.9 Å². The number of nitrogens with zero attached hydrogens (tertiary/aromatic N) is 1. The Morgan fingerprint density at radius 3 is 2.31 bits per heavy atom. The van der Waals surface area contributed by atoms with Crippen LogP contribution in [0.1, 0.15) is 23.6 Å². The maximum absolute atomic E-state index is 10.7. The lowest BCUT2D eigenvalue weighted by Crippen LogP contribution is -2.32. The number of halogens is 1. The van der Waals surface area contributed by atoms with Gasteiger partial charge in [-0.1, -0.05) is 78.3 Å². The Labute approximate surface area is 215 Å². The topological polar surface area (TPSA) is 40.5 Å². The van der Waals surface area contributed by atoms with Crippen molar-refractivity contribution in [2.24, 2.45) is 0 Å². The van der Waals surface area contributed by atoms with Crippen molar-refractivity contribution in [3.05, 3.63) is 131 Å². The van der Waals surface area contributed by atoms with Gasteiger partial charge in [0.2, 0.25) is 0 Å². The number of fused-ring (bicyclic) bond motifs is 1. The smallest absolute Gasteiger partial charge is 0.157 e. The Morgan fingerprint density at radius 2 is 1.56 bits per heavy atom. The molecule has 5 rings (SSSR count). The van der Waals surface area contributed by atoms with Gasteiger partial charge in [0.25, 0.3) is 0 Å². The van der Waals surface area contributed by atoms with E-state index in [9.17, 15) is 4.79 Å². The van der Waals surface area contributed by atoms with Crippen LogP contribution in [0.4, 0.5) is 0 Å². The highest BCUT2D eigenvalue weighted by Crippen LogP contribution is 2.40. The van der Waals surface area contributed by atoms with E-state index in [-0.39, 0.29) is 6.61 Å². The number of aromatic nitrogens is 1. The van der Waals surface area contributed by atoms with Crippen LogP contribution in [0.2, 0.25) is 5.02 Å². The number of aldehydes is 1. The van der Waals surface area contributed by atoms with E-state index >= 15 is 0 Å². The van der Waals surface area contributed by atoms with Crippen molar-refractivity contribution in [1.82, 2.24) is 4.57 Å². The third kappa shape index (κ3) is 4.60. The molecule has 0 aliphatic rings. The minimum Gasteiger partial charge on any atom is -0.487 e. The van der Waals surface area contributed by atoms with E-state index in [2.05, 4.69) is 42.0 Å². The fourth-order valence-electron chi connectivity index (χ4n) is 4.58. The van der Waals surface area contributed by atoms with Crippen molar-refractivity contribution >= 4 is 28.8 Å². The molecule has 180 valence electrons. The Morgan fingerprint density at radius 1 is 0.833 bits per heavy atom. The number of carbonyl (C=O) groups excluding carboxylic acids is 1. The molecule has 0 saturated carbocycles. The van der Waals surface area contributed by atoms with Gasteiger partial charge in [-0.3, -0.25) is 4.79 Å². The molecule has 4 aromatic carbocycles. The lowest BCUT2D eigenvalue weighted by atomic mass is 9.84. The molecule has 0 radical (unpaired) electrons. The molecule has 1 aromatic heterocycles. The summed E-state index contributed by atoms with van der Waals surface area (Å²) >= 11 is 6.76. The summed E-state index contributed by atoms with van der Waals surface area (Å²) in [5.74, 6) is 1.29. The molecule has 1 heterocycles. The minimum atomic E-state index is -0.576. The van der Waals surface area contributed by atoms with Crippen LogP contribution in [0.3, 0.4) is 0 Å².